The van der Waals surface area contributed by atoms with Gasteiger partial charge in [0.15, 0.2) is 5.69 Å². The largest absolute Gasteiger partial charge is 3.00 e. The van der Waals surface area contributed by atoms with Crippen LogP contribution in [0.25, 0.3) is 5.69 Å². The van der Waals surface area contributed by atoms with Gasteiger partial charge >= 0.3 is 17.4 Å². The number of para-hydroxylation sites is 1. The monoisotopic (exact) mass is 697 g/mol. The van der Waals surface area contributed by atoms with Crippen LogP contribution in [0.1, 0.15) is 5.69 Å². The molecular weight excluding hydrogens is 674 g/mol. The molecule has 1 heterocycles. The number of nitrogens with zero attached hydrogens (tertiary/aromatic N) is 6. The molecular formula is C28H23CrN9O8S+. The summed E-state index contributed by atoms with van der Waals surface area (Å²) in [4.78, 5) is 22.0. The number of hydrogen-bond donors (Lipinski definition) is 4. The molecule has 0 fully saturated rings. The third-order valence-electron chi connectivity index (χ3n) is 6.01. The van der Waals surface area contributed by atoms with E-state index in [1.165, 1.54) is 22.9 Å². The van der Waals surface area contributed by atoms with Gasteiger partial charge in [-0.3, -0.25) is 24.6 Å². The standard InChI is InChI=1S/C16H13N5O4.C12H12N4O4S.Cr/c1-10-15(16(23)20(19-10)11-5-3-2-4-6-11)18-17-13-8-7-12(21(24)25)9-14(13)22;13-7-1-3-10(9(14)5-7)15-16-11-6-8(21(18,19)20)2-4-12(11)17;/h2-9,19,22H,1H3;1-6,17H,13-14H2,(H,18,19,20);/q;;+3/p-2. The first-order valence-corrected chi connectivity index (χ1v) is 14.3. The summed E-state index contributed by atoms with van der Waals surface area (Å²) in [5.74, 6) is -1.19. The molecule has 19 heteroatoms. The van der Waals surface area contributed by atoms with Crippen molar-refractivity contribution >= 4 is 49.9 Å². The van der Waals surface area contributed by atoms with Crippen molar-refractivity contribution in [2.75, 3.05) is 11.5 Å². The number of azo groups is 2. The Morgan fingerprint density at radius 2 is 1.47 bits per heavy atom. The summed E-state index contributed by atoms with van der Waals surface area (Å²) in [6.07, 6.45) is 0. The number of anilines is 2. The number of nitrogens with one attached hydrogen (secondary N) is 1. The molecule has 0 aliphatic carbocycles. The molecule has 0 saturated carbocycles. The van der Waals surface area contributed by atoms with Crippen molar-refractivity contribution in [2.24, 2.45) is 20.5 Å². The van der Waals surface area contributed by atoms with E-state index >= 15 is 0 Å². The van der Waals surface area contributed by atoms with Gasteiger partial charge in [0.1, 0.15) is 5.69 Å². The average Bonchev–Trinajstić information content (AvgIpc) is 3.29. The van der Waals surface area contributed by atoms with E-state index in [0.717, 1.165) is 30.3 Å². The van der Waals surface area contributed by atoms with E-state index in [0.29, 0.717) is 17.1 Å². The van der Waals surface area contributed by atoms with Gasteiger partial charge < -0.3 is 21.7 Å². The molecule has 0 spiro atoms. The summed E-state index contributed by atoms with van der Waals surface area (Å²) < 4.78 is 32.3. The molecule has 0 saturated heterocycles. The first-order chi connectivity index (χ1) is 21.7. The molecule has 5 rings (SSSR count). The van der Waals surface area contributed by atoms with Gasteiger partial charge in [-0.25, -0.2) is 4.68 Å². The molecule has 5 aromatic rings. The third kappa shape index (κ3) is 8.87. The molecule has 0 aliphatic rings. The number of aromatic nitrogens is 2. The van der Waals surface area contributed by atoms with Gasteiger partial charge in [0.2, 0.25) is 0 Å². The molecule has 239 valence electrons. The van der Waals surface area contributed by atoms with Gasteiger partial charge in [0.05, 0.1) is 38.3 Å². The summed E-state index contributed by atoms with van der Waals surface area (Å²) in [5, 5.41) is 51.9. The Bertz CT molecular complexity index is 2150. The Kier molecular flexibility index (Phi) is 11.3. The van der Waals surface area contributed by atoms with E-state index < -0.39 is 37.0 Å². The van der Waals surface area contributed by atoms with Crippen molar-refractivity contribution in [3.63, 3.8) is 0 Å². The number of hydrogen-bond acceptors (Lipinski definition) is 13. The minimum atomic E-state index is -4.42. The molecule has 0 bridgehead atoms. The van der Waals surface area contributed by atoms with Crippen LogP contribution in [0.4, 0.5) is 39.8 Å². The van der Waals surface area contributed by atoms with Crippen LogP contribution in [-0.2, 0) is 27.5 Å². The molecule has 0 unspecified atom stereocenters. The fourth-order valence-corrected chi connectivity index (χ4v) is 4.23. The van der Waals surface area contributed by atoms with Crippen molar-refractivity contribution in [1.82, 2.24) is 9.78 Å². The number of rotatable bonds is 7. The second-order valence-electron chi connectivity index (χ2n) is 9.29. The van der Waals surface area contributed by atoms with Crippen LogP contribution in [0.5, 0.6) is 11.5 Å². The summed E-state index contributed by atoms with van der Waals surface area (Å²) in [5.41, 5.74) is 12.3. The van der Waals surface area contributed by atoms with Crippen LogP contribution >= 0.6 is 0 Å². The smallest absolute Gasteiger partial charge is 0.871 e. The number of nitro benzene ring substituents is 1. The first-order valence-electron chi connectivity index (χ1n) is 12.8. The van der Waals surface area contributed by atoms with Gasteiger partial charge in [0.25, 0.3) is 21.4 Å². The Morgan fingerprint density at radius 3 is 2.09 bits per heavy atom. The van der Waals surface area contributed by atoms with Gasteiger partial charge in [-0.2, -0.15) is 18.6 Å². The number of nitrogens with two attached hydrogens (primary N) is 2. The Morgan fingerprint density at radius 1 is 0.830 bits per heavy atom. The molecule has 0 amide bonds. The molecule has 6 N–H and O–H groups in total. The predicted molar refractivity (Wildman–Crippen MR) is 163 cm³/mol. The predicted octanol–water partition coefficient (Wildman–Crippen LogP) is 4.46. The van der Waals surface area contributed by atoms with E-state index in [4.69, 9.17) is 16.0 Å². The summed E-state index contributed by atoms with van der Waals surface area (Å²) >= 11 is 0. The molecule has 4 aromatic carbocycles. The van der Waals surface area contributed by atoms with Crippen LogP contribution in [0.15, 0.2) is 115 Å². The normalized spacial score (nSPS) is 11.2. The van der Waals surface area contributed by atoms with E-state index in [1.807, 2.05) is 6.07 Å². The van der Waals surface area contributed by atoms with Crippen LogP contribution < -0.4 is 27.2 Å². The van der Waals surface area contributed by atoms with Crippen molar-refractivity contribution in [3.05, 3.63) is 111 Å². The number of non-ortho nitro benzene ring substituents is 1. The zero-order valence-electron chi connectivity index (χ0n) is 24.0. The summed E-state index contributed by atoms with van der Waals surface area (Å²) in [6.45, 7) is 1.66. The van der Waals surface area contributed by atoms with Gasteiger partial charge in [-0.1, -0.05) is 35.8 Å². The number of aromatic amines is 1. The molecule has 0 atom stereocenters. The number of H-pyrrole nitrogens is 1. The van der Waals surface area contributed by atoms with Gasteiger partial charge in [-0.05, 0) is 55.5 Å². The summed E-state index contributed by atoms with van der Waals surface area (Å²) in [7, 11) is -4.42. The molecule has 47 heavy (non-hydrogen) atoms. The average molecular weight is 698 g/mol. The Labute approximate surface area is 276 Å². The maximum Gasteiger partial charge on any atom is 3.00 e. The number of aryl methyl sites for hydroxylation is 1. The van der Waals surface area contributed by atoms with Gasteiger partial charge in [0, 0.05) is 17.8 Å². The van der Waals surface area contributed by atoms with E-state index in [1.54, 1.807) is 37.3 Å². The maximum atomic E-state index is 12.5. The van der Waals surface area contributed by atoms with Crippen LogP contribution in [0.2, 0.25) is 0 Å². The van der Waals surface area contributed by atoms with Crippen molar-refractivity contribution in [3.8, 4) is 17.2 Å². The molecule has 1 radical (unpaired) electrons. The quantitative estimate of drug-likeness (QED) is 0.0609. The van der Waals surface area contributed by atoms with Crippen LogP contribution in [-0.4, -0.2) is 27.7 Å². The number of benzene rings is 4. The Balaban J connectivity index is 0.000000254. The number of nitro groups is 1. The van der Waals surface area contributed by atoms with Gasteiger partial charge in [-0.15, -0.1) is 10.2 Å². The van der Waals surface area contributed by atoms with E-state index in [9.17, 15) is 33.5 Å². The molecule has 17 nitrogen and oxygen atoms in total. The van der Waals surface area contributed by atoms with E-state index in [2.05, 4.69) is 25.6 Å². The van der Waals surface area contributed by atoms with E-state index in [-0.39, 0.29) is 51.5 Å². The summed E-state index contributed by atoms with van der Waals surface area (Å²) in [6, 6.07) is 19.5. The molecule has 1 aromatic heterocycles. The van der Waals surface area contributed by atoms with Crippen molar-refractivity contribution in [1.29, 1.82) is 0 Å². The zero-order chi connectivity index (χ0) is 33.6. The molecule has 0 aliphatic heterocycles. The third-order valence-corrected chi connectivity index (χ3v) is 6.86. The second-order valence-corrected chi connectivity index (χ2v) is 10.7. The minimum Gasteiger partial charge on any atom is -0.871 e. The zero-order valence-corrected chi connectivity index (χ0v) is 26.1. The maximum absolute atomic E-state index is 12.5. The first kappa shape index (κ1) is 35.6. The topological polar surface area (TPSA) is 283 Å². The van der Waals surface area contributed by atoms with Crippen LogP contribution in [0.3, 0.4) is 0 Å². The fraction of sp³-hybridized carbons (Fsp3) is 0.0357. The minimum absolute atomic E-state index is 0. The second kappa shape index (κ2) is 14.9. The SMILES string of the molecule is Cc1[nH]n(-c2ccccc2)c(=O)c1N=Nc1ccc([N+](=O)[O-])cc1[O-].Nc1ccc(N=Nc2cc(S(=O)(=O)O)ccc2[O-])c(N)c1.[Cr+3]. The van der Waals surface area contributed by atoms with Crippen molar-refractivity contribution in [2.45, 2.75) is 11.8 Å². The van der Waals surface area contributed by atoms with Crippen LogP contribution in [0, 0.1) is 17.0 Å². The number of nitrogen functional groups attached to an aromatic ring is 2. The fourth-order valence-electron chi connectivity index (χ4n) is 3.72. The Hall–Kier alpha value is -5.87. The van der Waals surface area contributed by atoms with Crippen molar-refractivity contribution < 1.29 is 45.5 Å².